The summed E-state index contributed by atoms with van der Waals surface area (Å²) in [4.78, 5) is 17.2. The molecule has 1 fully saturated rings. The van der Waals surface area contributed by atoms with Crippen LogP contribution in [0, 0.1) is 5.82 Å². The lowest BCUT2D eigenvalue weighted by molar-refractivity contribution is 0.0737. The predicted octanol–water partition coefficient (Wildman–Crippen LogP) is 4.49. The molecule has 1 saturated heterocycles. The number of ether oxygens (including phenoxy) is 1. The summed E-state index contributed by atoms with van der Waals surface area (Å²) in [5.74, 6) is 0.444. The second-order valence-corrected chi connectivity index (χ2v) is 7.45. The summed E-state index contributed by atoms with van der Waals surface area (Å²) in [5, 5.41) is 0.888. The maximum Gasteiger partial charge on any atom is 0.270 e. The van der Waals surface area contributed by atoms with Gasteiger partial charge in [-0.25, -0.2) is 4.39 Å². The number of carbonyl (C=O) groups excluding carboxylic acids is 1. The van der Waals surface area contributed by atoms with Crippen LogP contribution in [0.5, 0.6) is 5.75 Å². The van der Waals surface area contributed by atoms with Gasteiger partial charge in [-0.2, -0.15) is 0 Å². The van der Waals surface area contributed by atoms with Crippen molar-refractivity contribution in [3.8, 4) is 5.75 Å². The van der Waals surface area contributed by atoms with Crippen molar-refractivity contribution in [1.29, 1.82) is 0 Å². The highest BCUT2D eigenvalue weighted by Crippen LogP contribution is 2.30. The highest BCUT2D eigenvalue weighted by atomic mass is 19.1. The fourth-order valence-electron chi connectivity index (χ4n) is 4.06. The number of hydrogen-bond acceptors (Lipinski definition) is 3. The number of para-hydroxylation sites is 1. The molecule has 0 aliphatic carbocycles. The predicted molar refractivity (Wildman–Crippen MR) is 122 cm³/mol. The van der Waals surface area contributed by atoms with E-state index in [1.165, 1.54) is 6.07 Å². The van der Waals surface area contributed by atoms with Gasteiger partial charge in [-0.1, -0.05) is 36.9 Å². The van der Waals surface area contributed by atoms with Gasteiger partial charge in [-0.05, 0) is 30.3 Å². The first-order valence-corrected chi connectivity index (χ1v) is 10.4. The van der Waals surface area contributed by atoms with Gasteiger partial charge in [0, 0.05) is 38.1 Å². The number of piperazine rings is 1. The van der Waals surface area contributed by atoms with Gasteiger partial charge in [0.05, 0.1) is 11.2 Å². The second-order valence-electron chi connectivity index (χ2n) is 7.45. The van der Waals surface area contributed by atoms with Gasteiger partial charge in [0.2, 0.25) is 0 Å². The van der Waals surface area contributed by atoms with Gasteiger partial charge < -0.3 is 19.1 Å². The number of carbonyl (C=O) groups is 1. The number of allylic oxidation sites excluding steroid dienone is 1. The first-order valence-electron chi connectivity index (χ1n) is 10.4. The van der Waals surface area contributed by atoms with Crippen LogP contribution in [0.15, 0.2) is 73.8 Å². The lowest BCUT2D eigenvalue weighted by Gasteiger charge is -2.36. The monoisotopic (exact) mass is 419 g/mol. The standard InChI is InChI=1S/C25H26FN3O2/c1-3-12-29-21-10-7-11-24(31-17-4-2)19(21)18-23(29)25(30)28-15-13-27(14-16-28)22-9-6-5-8-20(22)26/h3-11,18H,1-2,12-17H2. The largest absolute Gasteiger partial charge is 0.489 e. The fraction of sp³-hybridized carbons (Fsp3) is 0.240. The van der Waals surface area contributed by atoms with E-state index in [0.717, 1.165) is 16.7 Å². The Morgan fingerprint density at radius 3 is 2.52 bits per heavy atom. The van der Waals surface area contributed by atoms with Gasteiger partial charge in [0.1, 0.15) is 23.9 Å². The smallest absolute Gasteiger partial charge is 0.270 e. The molecule has 1 amide bonds. The number of anilines is 1. The number of fused-ring (bicyclic) bond motifs is 1. The normalized spacial score (nSPS) is 14.0. The molecular weight excluding hydrogens is 393 g/mol. The molecule has 0 saturated carbocycles. The molecule has 0 bridgehead atoms. The Labute approximate surface area is 181 Å². The number of amides is 1. The van der Waals surface area contributed by atoms with Crippen molar-refractivity contribution in [1.82, 2.24) is 9.47 Å². The zero-order chi connectivity index (χ0) is 21.8. The van der Waals surface area contributed by atoms with Crippen molar-refractivity contribution < 1.29 is 13.9 Å². The SMILES string of the molecule is C=CCOc1cccc2c1cc(C(=O)N1CCN(c3ccccc3F)CC1)n2CC=C. The van der Waals surface area contributed by atoms with E-state index in [1.807, 2.05) is 44.7 Å². The average molecular weight is 420 g/mol. The number of hydrogen-bond donors (Lipinski definition) is 0. The van der Waals surface area contributed by atoms with Gasteiger partial charge in [-0.15, -0.1) is 6.58 Å². The first kappa shape index (κ1) is 20.7. The molecule has 0 spiro atoms. The molecule has 2 heterocycles. The molecule has 4 rings (SSSR count). The lowest BCUT2D eigenvalue weighted by atomic mass is 10.2. The third-order valence-electron chi connectivity index (χ3n) is 5.55. The molecule has 5 nitrogen and oxygen atoms in total. The summed E-state index contributed by atoms with van der Waals surface area (Å²) in [6.07, 6.45) is 3.48. The Hall–Kier alpha value is -3.54. The van der Waals surface area contributed by atoms with Crippen molar-refractivity contribution >= 4 is 22.5 Å². The number of nitrogens with zero attached hydrogens (tertiary/aromatic N) is 3. The molecule has 6 heteroatoms. The number of halogens is 1. The quantitative estimate of drug-likeness (QED) is 0.530. The molecule has 0 radical (unpaired) electrons. The Balaban J connectivity index is 1.59. The Bertz CT molecular complexity index is 1110. The summed E-state index contributed by atoms with van der Waals surface area (Å²) in [6.45, 7) is 10.7. The number of benzene rings is 2. The van der Waals surface area contributed by atoms with E-state index in [0.29, 0.717) is 50.7 Å². The molecule has 0 N–H and O–H groups in total. The molecule has 3 aromatic rings. The van der Waals surface area contributed by atoms with E-state index in [1.54, 1.807) is 24.3 Å². The first-order chi connectivity index (χ1) is 15.1. The maximum absolute atomic E-state index is 14.1. The summed E-state index contributed by atoms with van der Waals surface area (Å²) in [7, 11) is 0. The van der Waals surface area contributed by atoms with Crippen LogP contribution in [0.4, 0.5) is 10.1 Å². The van der Waals surface area contributed by atoms with Crippen molar-refractivity contribution in [2.24, 2.45) is 0 Å². The molecule has 1 aliphatic heterocycles. The van der Waals surface area contributed by atoms with E-state index in [4.69, 9.17) is 4.74 Å². The van der Waals surface area contributed by atoms with Crippen LogP contribution in [0.25, 0.3) is 10.9 Å². The minimum atomic E-state index is -0.236. The summed E-state index contributed by atoms with van der Waals surface area (Å²) in [5.41, 5.74) is 2.11. The van der Waals surface area contributed by atoms with Crippen molar-refractivity contribution in [2.45, 2.75) is 6.54 Å². The molecule has 160 valence electrons. The lowest BCUT2D eigenvalue weighted by Crippen LogP contribution is -2.49. The Morgan fingerprint density at radius 2 is 1.81 bits per heavy atom. The van der Waals surface area contributed by atoms with E-state index in [9.17, 15) is 9.18 Å². The number of aromatic nitrogens is 1. The van der Waals surface area contributed by atoms with Gasteiger partial charge in [0.25, 0.3) is 5.91 Å². The van der Waals surface area contributed by atoms with Crippen LogP contribution in [0.1, 0.15) is 10.5 Å². The van der Waals surface area contributed by atoms with Gasteiger partial charge in [0.15, 0.2) is 0 Å². The van der Waals surface area contributed by atoms with Crippen molar-refractivity contribution in [3.63, 3.8) is 0 Å². The second kappa shape index (κ2) is 9.08. The average Bonchev–Trinajstić information content (AvgIpc) is 3.17. The van der Waals surface area contributed by atoms with E-state index < -0.39 is 0 Å². The third kappa shape index (κ3) is 4.06. The van der Waals surface area contributed by atoms with Crippen molar-refractivity contribution in [2.75, 3.05) is 37.7 Å². The summed E-state index contributed by atoms with van der Waals surface area (Å²) in [6, 6.07) is 14.4. The van der Waals surface area contributed by atoms with Gasteiger partial charge in [-0.3, -0.25) is 4.79 Å². The molecule has 2 aromatic carbocycles. The van der Waals surface area contributed by atoms with E-state index in [-0.39, 0.29) is 11.7 Å². The minimum absolute atomic E-state index is 0.0408. The number of rotatable bonds is 7. The highest BCUT2D eigenvalue weighted by molar-refractivity contribution is 6.00. The molecule has 0 atom stereocenters. The zero-order valence-corrected chi connectivity index (χ0v) is 17.5. The van der Waals surface area contributed by atoms with Crippen LogP contribution in [-0.2, 0) is 6.54 Å². The molecule has 1 aliphatic rings. The maximum atomic E-state index is 14.1. The highest BCUT2D eigenvalue weighted by Gasteiger charge is 2.26. The van der Waals surface area contributed by atoms with Crippen LogP contribution >= 0.6 is 0 Å². The summed E-state index contributed by atoms with van der Waals surface area (Å²) >= 11 is 0. The van der Waals surface area contributed by atoms with Crippen LogP contribution in [0.2, 0.25) is 0 Å². The summed E-state index contributed by atoms with van der Waals surface area (Å²) < 4.78 is 21.9. The topological polar surface area (TPSA) is 37.7 Å². The Kier molecular flexibility index (Phi) is 6.07. The third-order valence-corrected chi connectivity index (χ3v) is 5.55. The van der Waals surface area contributed by atoms with Crippen LogP contribution in [0.3, 0.4) is 0 Å². The van der Waals surface area contributed by atoms with E-state index >= 15 is 0 Å². The zero-order valence-electron chi connectivity index (χ0n) is 17.5. The molecular formula is C25H26FN3O2. The molecule has 1 aromatic heterocycles. The van der Waals surface area contributed by atoms with E-state index in [2.05, 4.69) is 13.2 Å². The minimum Gasteiger partial charge on any atom is -0.489 e. The van der Waals surface area contributed by atoms with Gasteiger partial charge >= 0.3 is 0 Å². The molecule has 0 unspecified atom stereocenters. The van der Waals surface area contributed by atoms with Crippen molar-refractivity contribution in [3.05, 3.63) is 85.4 Å². The fourth-order valence-corrected chi connectivity index (χ4v) is 4.06. The van der Waals surface area contributed by atoms with Crippen LogP contribution in [-0.4, -0.2) is 48.2 Å². The van der Waals surface area contributed by atoms with Crippen LogP contribution < -0.4 is 9.64 Å². The Morgan fingerprint density at radius 1 is 1.03 bits per heavy atom. The molecule has 31 heavy (non-hydrogen) atoms.